The number of hydrogen-bond acceptors (Lipinski definition) is 4. The van der Waals surface area contributed by atoms with Gasteiger partial charge < -0.3 is 9.67 Å². The van der Waals surface area contributed by atoms with E-state index in [4.69, 9.17) is 0 Å². The van der Waals surface area contributed by atoms with Crippen LogP contribution in [-0.2, 0) is 16.4 Å². The maximum absolute atomic E-state index is 12.0. The van der Waals surface area contributed by atoms with E-state index in [0.717, 1.165) is 0 Å². The molecule has 0 aliphatic carbocycles. The van der Waals surface area contributed by atoms with Crippen molar-refractivity contribution in [1.82, 2.24) is 9.55 Å². The number of aromatic carboxylic acids is 1. The molecule has 1 aliphatic rings. The van der Waals surface area contributed by atoms with Crippen molar-refractivity contribution >= 4 is 26.8 Å². The highest BCUT2D eigenvalue weighted by atomic mass is 32.2. The topological polar surface area (TPSA) is 89.3 Å². The fraction of sp³-hybridized carbons (Fsp3) is 0.429. The molecule has 21 heavy (non-hydrogen) atoms. The van der Waals surface area contributed by atoms with Crippen LogP contribution in [-0.4, -0.2) is 40.0 Å². The van der Waals surface area contributed by atoms with Gasteiger partial charge in [0.2, 0.25) is 0 Å². The molecular weight excluding hydrogens is 292 g/mol. The van der Waals surface area contributed by atoms with Crippen molar-refractivity contribution in [2.24, 2.45) is 0 Å². The summed E-state index contributed by atoms with van der Waals surface area (Å²) < 4.78 is 25.7. The van der Waals surface area contributed by atoms with Gasteiger partial charge in [-0.15, -0.1) is 0 Å². The van der Waals surface area contributed by atoms with Gasteiger partial charge in [-0.1, -0.05) is 6.07 Å². The van der Waals surface area contributed by atoms with E-state index in [-0.39, 0.29) is 17.9 Å². The van der Waals surface area contributed by atoms with Crippen molar-refractivity contribution in [3.05, 3.63) is 29.6 Å². The van der Waals surface area contributed by atoms with Gasteiger partial charge in [-0.05, 0) is 31.9 Å². The van der Waals surface area contributed by atoms with Crippen molar-refractivity contribution in [1.29, 1.82) is 0 Å². The Kier molecular flexibility index (Phi) is 3.24. The van der Waals surface area contributed by atoms with E-state index in [9.17, 15) is 18.3 Å². The van der Waals surface area contributed by atoms with Crippen LogP contribution in [0.2, 0.25) is 0 Å². The largest absolute Gasteiger partial charge is 0.478 e. The summed E-state index contributed by atoms with van der Waals surface area (Å²) in [5.41, 5.74) is 1.25. The van der Waals surface area contributed by atoms with Crippen molar-refractivity contribution in [3.8, 4) is 0 Å². The average molecular weight is 308 g/mol. The van der Waals surface area contributed by atoms with Crippen LogP contribution in [0.5, 0.6) is 0 Å². The Hall–Kier alpha value is -1.89. The Morgan fingerprint density at radius 3 is 2.86 bits per heavy atom. The molecule has 1 aliphatic heterocycles. The minimum absolute atomic E-state index is 0.156. The second-order valence-corrected chi connectivity index (χ2v) is 7.78. The van der Waals surface area contributed by atoms with E-state index in [1.54, 1.807) is 23.6 Å². The van der Waals surface area contributed by atoms with Crippen molar-refractivity contribution in [2.75, 3.05) is 5.75 Å². The quantitative estimate of drug-likeness (QED) is 0.930. The van der Waals surface area contributed by atoms with Crippen LogP contribution in [0, 0.1) is 6.92 Å². The van der Waals surface area contributed by atoms with Crippen LogP contribution in [0.25, 0.3) is 11.0 Å². The smallest absolute Gasteiger partial charge is 0.337 e. The first-order chi connectivity index (χ1) is 9.90. The minimum Gasteiger partial charge on any atom is -0.478 e. The summed E-state index contributed by atoms with van der Waals surface area (Å²) in [6.45, 7) is 2.04. The molecule has 1 aromatic heterocycles. The number of para-hydroxylation sites is 1. The molecule has 0 radical (unpaired) electrons. The van der Waals surface area contributed by atoms with Gasteiger partial charge in [0.1, 0.15) is 5.82 Å². The third kappa shape index (κ3) is 2.31. The van der Waals surface area contributed by atoms with Crippen LogP contribution < -0.4 is 0 Å². The first-order valence-corrected chi connectivity index (χ1v) is 8.52. The number of fused-ring (bicyclic) bond motifs is 1. The van der Waals surface area contributed by atoms with Gasteiger partial charge in [-0.25, -0.2) is 18.2 Å². The van der Waals surface area contributed by atoms with Crippen LogP contribution in [0.4, 0.5) is 0 Å². The molecule has 3 rings (SSSR count). The lowest BCUT2D eigenvalue weighted by molar-refractivity contribution is 0.0698. The van der Waals surface area contributed by atoms with Gasteiger partial charge in [0.15, 0.2) is 9.84 Å². The number of rotatable bonds is 3. The molecule has 1 atom stereocenters. The summed E-state index contributed by atoms with van der Waals surface area (Å²) in [6, 6.07) is 4.91. The maximum atomic E-state index is 12.0. The van der Waals surface area contributed by atoms with Crippen LogP contribution in [0.15, 0.2) is 18.2 Å². The van der Waals surface area contributed by atoms with Crippen LogP contribution in [0.1, 0.15) is 29.0 Å². The Bertz CT molecular complexity index is 823. The third-order valence-corrected chi connectivity index (χ3v) is 6.30. The molecule has 7 heteroatoms. The normalized spacial score (nSPS) is 20.9. The fourth-order valence-electron chi connectivity index (χ4n) is 2.96. The minimum atomic E-state index is -3.08. The van der Waals surface area contributed by atoms with Gasteiger partial charge in [0.25, 0.3) is 0 Å². The van der Waals surface area contributed by atoms with E-state index in [1.165, 1.54) is 6.07 Å². The van der Waals surface area contributed by atoms with E-state index < -0.39 is 21.1 Å². The first-order valence-electron chi connectivity index (χ1n) is 6.81. The SMILES string of the molecule is Cc1nc2cccc(C(=O)O)c2n1CC1CCCS1(=O)=O. The molecule has 0 spiro atoms. The van der Waals surface area contributed by atoms with E-state index in [2.05, 4.69) is 4.98 Å². The lowest BCUT2D eigenvalue weighted by Crippen LogP contribution is -2.23. The van der Waals surface area contributed by atoms with Crippen LogP contribution >= 0.6 is 0 Å². The predicted molar refractivity (Wildman–Crippen MR) is 78.2 cm³/mol. The zero-order valence-corrected chi connectivity index (χ0v) is 12.4. The molecule has 112 valence electrons. The molecule has 6 nitrogen and oxygen atoms in total. The van der Waals surface area contributed by atoms with Gasteiger partial charge in [-0.3, -0.25) is 0 Å². The zero-order chi connectivity index (χ0) is 15.2. The molecule has 2 heterocycles. The maximum Gasteiger partial charge on any atom is 0.337 e. The number of carboxylic acid groups (broad SMARTS) is 1. The fourth-order valence-corrected chi connectivity index (χ4v) is 4.77. The summed E-state index contributed by atoms with van der Waals surface area (Å²) in [5, 5.41) is 8.87. The summed E-state index contributed by atoms with van der Waals surface area (Å²) in [6.07, 6.45) is 1.29. The Morgan fingerprint density at radius 2 is 2.24 bits per heavy atom. The molecule has 1 fully saturated rings. The second-order valence-electron chi connectivity index (χ2n) is 5.38. The summed E-state index contributed by atoms with van der Waals surface area (Å²) in [7, 11) is -3.08. The molecule has 2 aromatic rings. The number of carboxylic acids is 1. The standard InChI is InChI=1S/C14H16N2O4S/c1-9-15-12-6-2-5-11(14(17)18)13(12)16(9)8-10-4-3-7-21(10,19)20/h2,5-6,10H,3-4,7-8H2,1H3,(H,17,18). The predicted octanol–water partition coefficient (Wildman–Crippen LogP) is 1.62. The third-order valence-electron chi connectivity index (χ3n) is 4.04. The molecule has 0 amide bonds. The van der Waals surface area contributed by atoms with Crippen molar-refractivity contribution in [3.63, 3.8) is 0 Å². The summed E-state index contributed by atoms with van der Waals surface area (Å²) in [4.78, 5) is 15.7. The molecule has 1 N–H and O–H groups in total. The number of carbonyl (C=O) groups is 1. The van der Waals surface area contributed by atoms with Crippen molar-refractivity contribution in [2.45, 2.75) is 31.6 Å². The van der Waals surface area contributed by atoms with Gasteiger partial charge in [0, 0.05) is 6.54 Å². The van der Waals surface area contributed by atoms with E-state index >= 15 is 0 Å². The lowest BCUT2D eigenvalue weighted by Gasteiger charge is -2.13. The molecule has 0 bridgehead atoms. The van der Waals surface area contributed by atoms with Gasteiger partial charge in [0.05, 0.1) is 27.6 Å². The molecular formula is C14H16N2O4S. The number of imidazole rings is 1. The molecule has 0 saturated carbocycles. The molecule has 1 aromatic carbocycles. The lowest BCUT2D eigenvalue weighted by atomic mass is 10.1. The average Bonchev–Trinajstić information content (AvgIpc) is 2.90. The highest BCUT2D eigenvalue weighted by Gasteiger charge is 2.32. The second kappa shape index (κ2) is 4.84. The van der Waals surface area contributed by atoms with Gasteiger partial charge >= 0.3 is 5.97 Å². The molecule has 1 unspecified atom stereocenters. The number of aromatic nitrogens is 2. The summed E-state index contributed by atoms with van der Waals surface area (Å²) >= 11 is 0. The van der Waals surface area contributed by atoms with Crippen LogP contribution in [0.3, 0.4) is 0 Å². The Morgan fingerprint density at radius 1 is 1.48 bits per heavy atom. The number of hydrogen-bond donors (Lipinski definition) is 1. The van der Waals surface area contributed by atoms with Gasteiger partial charge in [-0.2, -0.15) is 0 Å². The monoisotopic (exact) mass is 308 g/mol. The molecule has 1 saturated heterocycles. The number of nitrogens with zero attached hydrogens (tertiary/aromatic N) is 2. The highest BCUT2D eigenvalue weighted by Crippen LogP contribution is 2.26. The number of aryl methyl sites for hydroxylation is 1. The number of benzene rings is 1. The van der Waals surface area contributed by atoms with E-state index in [1.807, 2.05) is 0 Å². The van der Waals surface area contributed by atoms with Crippen molar-refractivity contribution < 1.29 is 18.3 Å². The summed E-state index contributed by atoms with van der Waals surface area (Å²) in [5.74, 6) is -0.174. The first kappa shape index (κ1) is 14.1. The van der Waals surface area contributed by atoms with E-state index in [0.29, 0.717) is 29.7 Å². The zero-order valence-electron chi connectivity index (χ0n) is 11.6. The number of sulfone groups is 1. The Labute approximate surface area is 122 Å². The Balaban J connectivity index is 2.14. The highest BCUT2D eigenvalue weighted by molar-refractivity contribution is 7.92.